The molecule has 0 unspecified atom stereocenters. The molecule has 1 rings (SSSR count). The van der Waals surface area contributed by atoms with Gasteiger partial charge in [0.25, 0.3) is 0 Å². The van der Waals surface area contributed by atoms with Crippen LogP contribution in [0.5, 0.6) is 11.5 Å². The lowest BCUT2D eigenvalue weighted by Crippen LogP contribution is -2.28. The predicted octanol–water partition coefficient (Wildman–Crippen LogP) is 3.10. The Morgan fingerprint density at radius 1 is 1.16 bits per heavy atom. The van der Waals surface area contributed by atoms with E-state index >= 15 is 0 Å². The lowest BCUT2D eigenvalue weighted by Gasteiger charge is -2.15. The van der Waals surface area contributed by atoms with Gasteiger partial charge in [-0.1, -0.05) is 0 Å². The van der Waals surface area contributed by atoms with Crippen LogP contribution in [0.1, 0.15) is 5.56 Å². The van der Waals surface area contributed by atoms with Crippen molar-refractivity contribution in [3.8, 4) is 11.5 Å². The van der Waals surface area contributed by atoms with Gasteiger partial charge in [-0.05, 0) is 37.8 Å². The van der Waals surface area contributed by atoms with E-state index in [1.807, 2.05) is 31.8 Å². The lowest BCUT2D eigenvalue weighted by molar-refractivity contribution is -0.129. The van der Waals surface area contributed by atoms with Crippen LogP contribution in [-0.4, -0.2) is 28.5 Å². The number of hydrogen-bond donors (Lipinski definition) is 0. The van der Waals surface area contributed by atoms with Crippen LogP contribution in [0.2, 0.25) is 19.6 Å². The molecule has 1 aromatic rings. The highest BCUT2D eigenvalue weighted by Gasteiger charge is 2.18. The molecular formula is C14H20O4Si. The van der Waals surface area contributed by atoms with E-state index in [1.165, 1.54) is 6.08 Å². The molecule has 1 aromatic carbocycles. The van der Waals surface area contributed by atoms with Crippen molar-refractivity contribution in [2.24, 2.45) is 0 Å². The third-order valence-corrected chi connectivity index (χ3v) is 3.06. The van der Waals surface area contributed by atoms with Gasteiger partial charge in [-0.2, -0.15) is 0 Å². The van der Waals surface area contributed by atoms with Crippen molar-refractivity contribution in [3.63, 3.8) is 0 Å². The third kappa shape index (κ3) is 5.17. The zero-order valence-corrected chi connectivity index (χ0v) is 13.0. The monoisotopic (exact) mass is 280 g/mol. The zero-order valence-electron chi connectivity index (χ0n) is 12.0. The van der Waals surface area contributed by atoms with Crippen LogP contribution in [0.15, 0.2) is 24.3 Å². The van der Waals surface area contributed by atoms with Gasteiger partial charge in [-0.15, -0.1) is 0 Å². The lowest BCUT2D eigenvalue weighted by atomic mass is 10.2. The first-order chi connectivity index (χ1) is 8.85. The maximum Gasteiger partial charge on any atom is 0.317 e. The molecule has 5 heteroatoms. The van der Waals surface area contributed by atoms with E-state index < -0.39 is 8.32 Å². The zero-order chi connectivity index (χ0) is 14.5. The van der Waals surface area contributed by atoms with Crippen LogP contribution in [0, 0.1) is 0 Å². The Hall–Kier alpha value is -1.75. The topological polar surface area (TPSA) is 44.8 Å². The molecule has 0 radical (unpaired) electrons. The fourth-order valence-corrected chi connectivity index (χ4v) is 2.12. The average molecular weight is 280 g/mol. The van der Waals surface area contributed by atoms with Crippen LogP contribution in [0.4, 0.5) is 0 Å². The second-order valence-corrected chi connectivity index (χ2v) is 9.40. The van der Waals surface area contributed by atoms with Crippen LogP contribution >= 0.6 is 0 Å². The molecule has 0 fully saturated rings. The van der Waals surface area contributed by atoms with Gasteiger partial charge in [-0.3, -0.25) is 0 Å². The summed E-state index contributed by atoms with van der Waals surface area (Å²) in [6, 6.07) is 5.41. The largest absolute Gasteiger partial charge is 0.517 e. The Labute approximate surface area is 115 Å². The standard InChI is InChI=1S/C14H20O4Si/c1-16-12-8-6-11(13(10-12)17-2)7-9-14(15)18-19(3,4)5/h6-10H,1-5H3/b9-7+. The first kappa shape index (κ1) is 15.3. The Kier molecular flexibility index (Phi) is 5.17. The summed E-state index contributed by atoms with van der Waals surface area (Å²) in [5, 5.41) is 0. The molecule has 0 spiro atoms. The van der Waals surface area contributed by atoms with Crippen molar-refractivity contribution >= 4 is 20.4 Å². The first-order valence-electron chi connectivity index (χ1n) is 5.99. The van der Waals surface area contributed by atoms with Gasteiger partial charge in [0.2, 0.25) is 8.32 Å². The van der Waals surface area contributed by atoms with E-state index in [4.69, 9.17) is 13.9 Å². The van der Waals surface area contributed by atoms with Gasteiger partial charge in [0.1, 0.15) is 11.5 Å². The van der Waals surface area contributed by atoms with Crippen molar-refractivity contribution in [2.45, 2.75) is 19.6 Å². The molecule has 0 amide bonds. The minimum atomic E-state index is -1.85. The fourth-order valence-electron chi connectivity index (χ4n) is 1.45. The maximum absolute atomic E-state index is 11.6. The highest BCUT2D eigenvalue weighted by molar-refractivity contribution is 6.71. The minimum Gasteiger partial charge on any atom is -0.517 e. The Balaban J connectivity index is 2.84. The minimum absolute atomic E-state index is 0.322. The van der Waals surface area contributed by atoms with Crippen molar-refractivity contribution in [2.75, 3.05) is 14.2 Å². The van der Waals surface area contributed by atoms with Gasteiger partial charge in [0.05, 0.1) is 14.2 Å². The first-order valence-corrected chi connectivity index (χ1v) is 9.39. The maximum atomic E-state index is 11.6. The Morgan fingerprint density at radius 2 is 1.84 bits per heavy atom. The molecule has 0 aliphatic heterocycles. The number of carbonyl (C=O) groups is 1. The quantitative estimate of drug-likeness (QED) is 0.614. The van der Waals surface area contributed by atoms with Crippen molar-refractivity contribution in [3.05, 3.63) is 29.8 Å². The molecule has 0 saturated heterocycles. The molecule has 0 heterocycles. The van der Waals surface area contributed by atoms with Crippen LogP contribution in [0.3, 0.4) is 0 Å². The van der Waals surface area contributed by atoms with Gasteiger partial charge in [0.15, 0.2) is 0 Å². The second-order valence-electron chi connectivity index (χ2n) is 4.97. The van der Waals surface area contributed by atoms with E-state index in [2.05, 4.69) is 0 Å². The summed E-state index contributed by atoms with van der Waals surface area (Å²) in [5.74, 6) is 1.03. The second kappa shape index (κ2) is 6.42. The van der Waals surface area contributed by atoms with E-state index in [1.54, 1.807) is 26.4 Å². The molecule has 0 aliphatic carbocycles. The molecular weight excluding hydrogens is 260 g/mol. The summed E-state index contributed by atoms with van der Waals surface area (Å²) in [5.41, 5.74) is 0.802. The molecule has 4 nitrogen and oxygen atoms in total. The average Bonchev–Trinajstić information content (AvgIpc) is 2.34. The van der Waals surface area contributed by atoms with Crippen molar-refractivity contribution in [1.82, 2.24) is 0 Å². The normalized spacial score (nSPS) is 11.4. The van der Waals surface area contributed by atoms with Crippen molar-refractivity contribution < 1.29 is 18.7 Å². The van der Waals surface area contributed by atoms with Crippen LogP contribution in [-0.2, 0) is 9.22 Å². The number of benzene rings is 1. The number of hydrogen-bond acceptors (Lipinski definition) is 4. The molecule has 104 valence electrons. The van der Waals surface area contributed by atoms with Gasteiger partial charge in [0, 0.05) is 17.7 Å². The molecule has 0 aliphatic rings. The molecule has 0 atom stereocenters. The summed E-state index contributed by atoms with van der Waals surface area (Å²) >= 11 is 0. The number of ether oxygens (including phenoxy) is 2. The smallest absolute Gasteiger partial charge is 0.317 e. The summed E-state index contributed by atoms with van der Waals surface area (Å²) in [6.45, 7) is 5.89. The number of methoxy groups -OCH3 is 2. The Bertz CT molecular complexity index is 475. The van der Waals surface area contributed by atoms with Crippen molar-refractivity contribution in [1.29, 1.82) is 0 Å². The highest BCUT2D eigenvalue weighted by Crippen LogP contribution is 2.25. The summed E-state index contributed by atoms with van der Waals surface area (Å²) in [7, 11) is 1.32. The summed E-state index contributed by atoms with van der Waals surface area (Å²) in [4.78, 5) is 11.6. The van der Waals surface area contributed by atoms with Gasteiger partial charge < -0.3 is 13.9 Å². The van der Waals surface area contributed by atoms with Gasteiger partial charge >= 0.3 is 5.97 Å². The fraction of sp³-hybridized carbons (Fsp3) is 0.357. The number of rotatable bonds is 5. The Morgan fingerprint density at radius 3 is 2.37 bits per heavy atom. The highest BCUT2D eigenvalue weighted by atomic mass is 28.4. The van der Waals surface area contributed by atoms with E-state index in [9.17, 15) is 4.79 Å². The van der Waals surface area contributed by atoms with E-state index in [-0.39, 0.29) is 5.97 Å². The predicted molar refractivity (Wildman–Crippen MR) is 78.0 cm³/mol. The van der Waals surface area contributed by atoms with Crippen LogP contribution in [0.25, 0.3) is 6.08 Å². The van der Waals surface area contributed by atoms with Crippen LogP contribution < -0.4 is 9.47 Å². The summed E-state index contributed by atoms with van der Waals surface area (Å²) in [6.07, 6.45) is 3.10. The summed E-state index contributed by atoms with van der Waals surface area (Å²) < 4.78 is 15.7. The molecule has 19 heavy (non-hydrogen) atoms. The third-order valence-electron chi connectivity index (χ3n) is 2.25. The van der Waals surface area contributed by atoms with E-state index in [0.717, 1.165) is 5.56 Å². The van der Waals surface area contributed by atoms with E-state index in [0.29, 0.717) is 11.5 Å². The molecule has 0 saturated carbocycles. The number of carbonyl (C=O) groups excluding carboxylic acids is 1. The molecule has 0 aromatic heterocycles. The SMILES string of the molecule is COc1ccc(/C=C/C(=O)O[Si](C)(C)C)c(OC)c1. The van der Waals surface area contributed by atoms with Gasteiger partial charge in [-0.25, -0.2) is 4.79 Å². The molecule has 0 bridgehead atoms. The molecule has 0 N–H and O–H groups in total.